The summed E-state index contributed by atoms with van der Waals surface area (Å²) >= 11 is 0. The van der Waals surface area contributed by atoms with Crippen molar-refractivity contribution in [3.05, 3.63) is 18.1 Å². The summed E-state index contributed by atoms with van der Waals surface area (Å²) < 4.78 is 11.3. The molecular formula is C11H17N3O2. The number of morpholine rings is 1. The normalized spacial score (nSPS) is 25.4. The van der Waals surface area contributed by atoms with E-state index in [1.807, 2.05) is 19.9 Å². The van der Waals surface area contributed by atoms with Gasteiger partial charge in [-0.3, -0.25) is 0 Å². The van der Waals surface area contributed by atoms with Crippen LogP contribution in [0.15, 0.2) is 12.4 Å². The lowest BCUT2D eigenvalue weighted by molar-refractivity contribution is -0.0476. The fourth-order valence-electron chi connectivity index (χ4n) is 1.66. The van der Waals surface area contributed by atoms with Gasteiger partial charge in [-0.2, -0.15) is 0 Å². The first kappa shape index (κ1) is 11.3. The van der Waals surface area contributed by atoms with Crippen LogP contribution in [0.2, 0.25) is 0 Å². The number of ether oxygens (including phenoxy) is 2. The maximum Gasteiger partial charge on any atom is 0.216 e. The molecule has 5 nitrogen and oxygen atoms in total. The maximum atomic E-state index is 5.71. The van der Waals surface area contributed by atoms with Gasteiger partial charge in [-0.05, 0) is 13.8 Å². The quantitative estimate of drug-likeness (QED) is 0.810. The van der Waals surface area contributed by atoms with E-state index < -0.39 is 0 Å². The number of aromatic nitrogens is 2. The molecule has 0 radical (unpaired) electrons. The molecule has 0 aliphatic carbocycles. The molecule has 1 aromatic heterocycles. The van der Waals surface area contributed by atoms with Crippen LogP contribution >= 0.6 is 0 Å². The minimum absolute atomic E-state index is 0.0963. The average molecular weight is 223 g/mol. The van der Waals surface area contributed by atoms with Crippen LogP contribution in [-0.2, 0) is 4.74 Å². The van der Waals surface area contributed by atoms with Gasteiger partial charge in [0.15, 0.2) is 0 Å². The molecule has 2 unspecified atom stereocenters. The van der Waals surface area contributed by atoms with Crippen LogP contribution in [0.25, 0.3) is 0 Å². The number of hydrogen-bond acceptors (Lipinski definition) is 5. The molecule has 5 heteroatoms. The molecule has 2 heterocycles. The van der Waals surface area contributed by atoms with Gasteiger partial charge in [-0.15, -0.1) is 0 Å². The van der Waals surface area contributed by atoms with E-state index in [4.69, 9.17) is 9.47 Å². The zero-order chi connectivity index (χ0) is 11.4. The molecule has 0 saturated carbocycles. The Bertz CT molecular complexity index is 346. The van der Waals surface area contributed by atoms with E-state index in [1.54, 1.807) is 0 Å². The second kappa shape index (κ2) is 5.23. The summed E-state index contributed by atoms with van der Waals surface area (Å²) in [7, 11) is 0. The Morgan fingerprint density at radius 2 is 2.38 bits per heavy atom. The van der Waals surface area contributed by atoms with Gasteiger partial charge < -0.3 is 14.8 Å². The lowest BCUT2D eigenvalue weighted by Crippen LogP contribution is -2.45. The van der Waals surface area contributed by atoms with Crippen molar-refractivity contribution in [2.75, 3.05) is 19.7 Å². The molecule has 0 aromatic carbocycles. The Labute approximate surface area is 95.2 Å². The van der Waals surface area contributed by atoms with Gasteiger partial charge in [-0.1, -0.05) is 0 Å². The highest BCUT2D eigenvalue weighted by molar-refractivity contribution is 5.11. The van der Waals surface area contributed by atoms with Gasteiger partial charge >= 0.3 is 0 Å². The molecule has 1 saturated heterocycles. The largest absolute Gasteiger partial charge is 0.475 e. The predicted octanol–water partition coefficient (Wildman–Crippen LogP) is 0.541. The first-order valence-corrected chi connectivity index (χ1v) is 5.51. The monoisotopic (exact) mass is 223 g/mol. The highest BCUT2D eigenvalue weighted by atomic mass is 16.5. The van der Waals surface area contributed by atoms with Crippen molar-refractivity contribution < 1.29 is 9.47 Å². The highest BCUT2D eigenvalue weighted by Gasteiger charge is 2.19. The van der Waals surface area contributed by atoms with Crippen molar-refractivity contribution in [1.82, 2.24) is 15.3 Å². The molecular weight excluding hydrogens is 206 g/mol. The molecule has 1 aliphatic heterocycles. The third-order valence-electron chi connectivity index (χ3n) is 2.42. The summed E-state index contributed by atoms with van der Waals surface area (Å²) in [6, 6.07) is 1.82. The Kier molecular flexibility index (Phi) is 3.69. The molecule has 2 rings (SSSR count). The van der Waals surface area contributed by atoms with Gasteiger partial charge in [0.05, 0.1) is 6.10 Å². The third-order valence-corrected chi connectivity index (χ3v) is 2.42. The number of hydrogen-bond donors (Lipinski definition) is 1. The van der Waals surface area contributed by atoms with Crippen molar-refractivity contribution in [2.24, 2.45) is 0 Å². The smallest absolute Gasteiger partial charge is 0.216 e. The van der Waals surface area contributed by atoms with Crippen molar-refractivity contribution in [3.8, 4) is 5.88 Å². The van der Waals surface area contributed by atoms with Crippen LogP contribution in [0.4, 0.5) is 0 Å². The third kappa shape index (κ3) is 3.15. The van der Waals surface area contributed by atoms with E-state index in [0.717, 1.165) is 18.8 Å². The predicted molar refractivity (Wildman–Crippen MR) is 59.5 cm³/mol. The second-order valence-electron chi connectivity index (χ2n) is 4.04. The van der Waals surface area contributed by atoms with Crippen molar-refractivity contribution in [3.63, 3.8) is 0 Å². The van der Waals surface area contributed by atoms with Gasteiger partial charge in [0.25, 0.3) is 0 Å². The fraction of sp³-hybridized carbons (Fsp3) is 0.636. The average Bonchev–Trinajstić information content (AvgIpc) is 2.27. The van der Waals surface area contributed by atoms with Crippen LogP contribution in [0.3, 0.4) is 0 Å². The first-order chi connectivity index (χ1) is 7.74. The molecule has 2 atom stereocenters. The van der Waals surface area contributed by atoms with Crippen LogP contribution in [0.5, 0.6) is 5.88 Å². The summed E-state index contributed by atoms with van der Waals surface area (Å²) in [6.45, 7) is 6.22. The summed E-state index contributed by atoms with van der Waals surface area (Å²) in [5.74, 6) is 0.606. The molecule has 0 spiro atoms. The Hall–Kier alpha value is -1.20. The molecule has 1 aromatic rings. The molecule has 16 heavy (non-hydrogen) atoms. The number of rotatable bonds is 3. The minimum Gasteiger partial charge on any atom is -0.475 e. The van der Waals surface area contributed by atoms with Gasteiger partial charge in [0.2, 0.25) is 5.88 Å². The number of aryl methyl sites for hydroxylation is 1. The van der Waals surface area contributed by atoms with Crippen LogP contribution in [0.1, 0.15) is 12.6 Å². The molecule has 1 N–H and O–H groups in total. The maximum absolute atomic E-state index is 5.71. The number of nitrogens with zero attached hydrogens (tertiary/aromatic N) is 2. The van der Waals surface area contributed by atoms with E-state index in [1.165, 1.54) is 6.33 Å². The lowest BCUT2D eigenvalue weighted by Gasteiger charge is -2.28. The van der Waals surface area contributed by atoms with Crippen LogP contribution in [0, 0.1) is 6.92 Å². The van der Waals surface area contributed by atoms with Crippen molar-refractivity contribution in [2.45, 2.75) is 26.1 Å². The standard InChI is InChI=1S/C11H17N3O2/c1-8-3-11(14-7-13-8)15-6-10-5-12-4-9(2)16-10/h3,7,9-10,12H,4-6H2,1-2H3. The first-order valence-electron chi connectivity index (χ1n) is 5.51. The lowest BCUT2D eigenvalue weighted by atomic mass is 10.2. The van der Waals surface area contributed by atoms with Crippen LogP contribution in [-0.4, -0.2) is 41.9 Å². The molecule has 0 amide bonds. The van der Waals surface area contributed by atoms with Crippen LogP contribution < -0.4 is 10.1 Å². The SMILES string of the molecule is Cc1cc(OCC2CNCC(C)O2)ncn1. The summed E-state index contributed by atoms with van der Waals surface area (Å²) in [5, 5.41) is 3.29. The second-order valence-corrected chi connectivity index (χ2v) is 4.04. The van der Waals surface area contributed by atoms with Gasteiger partial charge in [-0.25, -0.2) is 9.97 Å². The van der Waals surface area contributed by atoms with E-state index >= 15 is 0 Å². The van der Waals surface area contributed by atoms with Crippen molar-refractivity contribution in [1.29, 1.82) is 0 Å². The van der Waals surface area contributed by atoms with Gasteiger partial charge in [0.1, 0.15) is 19.0 Å². The molecule has 0 bridgehead atoms. The Morgan fingerprint density at radius 3 is 3.12 bits per heavy atom. The summed E-state index contributed by atoms with van der Waals surface area (Å²) in [4.78, 5) is 8.05. The topological polar surface area (TPSA) is 56.3 Å². The fourth-order valence-corrected chi connectivity index (χ4v) is 1.66. The van der Waals surface area contributed by atoms with Crippen molar-refractivity contribution >= 4 is 0 Å². The van der Waals surface area contributed by atoms with E-state index in [0.29, 0.717) is 12.5 Å². The Morgan fingerprint density at radius 1 is 1.50 bits per heavy atom. The minimum atomic E-state index is 0.0963. The van der Waals surface area contributed by atoms with E-state index in [9.17, 15) is 0 Å². The van der Waals surface area contributed by atoms with E-state index in [2.05, 4.69) is 15.3 Å². The summed E-state index contributed by atoms with van der Waals surface area (Å²) in [5.41, 5.74) is 0.904. The molecule has 88 valence electrons. The molecule has 1 fully saturated rings. The zero-order valence-corrected chi connectivity index (χ0v) is 9.64. The highest BCUT2D eigenvalue weighted by Crippen LogP contribution is 2.09. The molecule has 1 aliphatic rings. The Balaban J connectivity index is 1.82. The summed E-state index contributed by atoms with van der Waals surface area (Å²) in [6.07, 6.45) is 1.85. The number of nitrogens with one attached hydrogen (secondary N) is 1. The zero-order valence-electron chi connectivity index (χ0n) is 9.64. The van der Waals surface area contributed by atoms with E-state index in [-0.39, 0.29) is 12.2 Å². The van der Waals surface area contributed by atoms with Gasteiger partial charge in [0, 0.05) is 24.8 Å².